The van der Waals surface area contributed by atoms with Gasteiger partial charge in [0.2, 0.25) is 5.89 Å². The van der Waals surface area contributed by atoms with E-state index in [0.29, 0.717) is 18.1 Å². The first-order chi connectivity index (χ1) is 17.5. The molecule has 11 nitrogen and oxygen atoms in total. The molecule has 37 heavy (non-hydrogen) atoms. The Morgan fingerprint density at radius 3 is 2.59 bits per heavy atom. The number of alkyl halides is 2. The molecule has 1 saturated carbocycles. The van der Waals surface area contributed by atoms with E-state index in [-0.39, 0.29) is 48.5 Å². The Morgan fingerprint density at radius 1 is 1.27 bits per heavy atom. The molecule has 1 aromatic carbocycles. The summed E-state index contributed by atoms with van der Waals surface area (Å²) in [5.41, 5.74) is 6.44. The molecule has 2 heterocycles. The van der Waals surface area contributed by atoms with Crippen LogP contribution in [0.3, 0.4) is 0 Å². The second-order valence-electron chi connectivity index (χ2n) is 9.15. The molecule has 1 aliphatic carbocycles. The molecule has 2 aliphatic rings. The number of piperazine rings is 1. The molecule has 2 aromatic rings. The maximum atomic E-state index is 13.4. The summed E-state index contributed by atoms with van der Waals surface area (Å²) in [7, 11) is -2.80. The smallest absolute Gasteiger partial charge is 0.387 e. The monoisotopic (exact) mass is 544 g/mol. The van der Waals surface area contributed by atoms with Crippen molar-refractivity contribution in [3.8, 4) is 23.0 Å². The van der Waals surface area contributed by atoms with E-state index in [1.165, 1.54) is 27.4 Å². The lowest BCUT2D eigenvalue weighted by molar-refractivity contribution is -0.0515. The summed E-state index contributed by atoms with van der Waals surface area (Å²) in [6.07, 6.45) is 2.02. The Morgan fingerprint density at radius 2 is 2.00 bits per heavy atom. The van der Waals surface area contributed by atoms with Gasteiger partial charge in [-0.1, -0.05) is 0 Å². The summed E-state index contributed by atoms with van der Waals surface area (Å²) in [5, 5.41) is 0. The summed E-state index contributed by atoms with van der Waals surface area (Å²) >= 11 is 0. The average Bonchev–Trinajstić information content (AvgIpc) is 3.57. The van der Waals surface area contributed by atoms with Crippen molar-refractivity contribution in [2.24, 2.45) is 11.7 Å². The van der Waals surface area contributed by atoms with Crippen LogP contribution >= 0.6 is 0 Å². The molecule has 0 bridgehead atoms. The van der Waals surface area contributed by atoms with Crippen LogP contribution in [-0.4, -0.2) is 74.5 Å². The Labute approximate surface area is 213 Å². The third-order valence-electron chi connectivity index (χ3n) is 6.20. The van der Waals surface area contributed by atoms with Crippen molar-refractivity contribution in [2.75, 3.05) is 33.4 Å². The van der Waals surface area contributed by atoms with E-state index in [0.717, 1.165) is 20.0 Å². The fourth-order valence-corrected chi connectivity index (χ4v) is 5.06. The molecule has 1 aromatic heterocycles. The van der Waals surface area contributed by atoms with Crippen LogP contribution in [0.2, 0.25) is 0 Å². The highest BCUT2D eigenvalue weighted by Crippen LogP contribution is 2.37. The quantitative estimate of drug-likeness (QED) is 0.479. The Bertz CT molecular complexity index is 1230. The van der Waals surface area contributed by atoms with Gasteiger partial charge >= 0.3 is 16.9 Å². The van der Waals surface area contributed by atoms with E-state index < -0.39 is 34.9 Å². The second kappa shape index (κ2) is 10.9. The van der Waals surface area contributed by atoms with Crippen LogP contribution in [0, 0.1) is 5.92 Å². The number of ether oxygens (including phenoxy) is 2. The third kappa shape index (κ3) is 6.20. The van der Waals surface area contributed by atoms with Crippen molar-refractivity contribution in [3.63, 3.8) is 0 Å². The number of benzene rings is 1. The predicted octanol–water partition coefficient (Wildman–Crippen LogP) is 2.79. The van der Waals surface area contributed by atoms with Gasteiger partial charge in [-0.05, 0) is 50.8 Å². The van der Waals surface area contributed by atoms with Crippen LogP contribution in [0.15, 0.2) is 22.6 Å². The summed E-state index contributed by atoms with van der Waals surface area (Å²) in [4.78, 5) is 19.3. The van der Waals surface area contributed by atoms with Gasteiger partial charge in [0.25, 0.3) is 5.91 Å². The topological polar surface area (TPSA) is 137 Å². The third-order valence-corrected chi connectivity index (χ3v) is 7.74. The van der Waals surface area contributed by atoms with Gasteiger partial charge in [-0.15, -0.1) is 0 Å². The lowest BCUT2D eigenvalue weighted by Crippen LogP contribution is -2.55. The number of nitrogens with zero attached hydrogens (tertiary/aromatic N) is 3. The minimum Gasteiger partial charge on any atom is -0.489 e. The number of oxazole rings is 1. The maximum absolute atomic E-state index is 13.4. The Hall–Kier alpha value is -2.81. The predicted molar refractivity (Wildman–Crippen MR) is 127 cm³/mol. The van der Waals surface area contributed by atoms with Crippen LogP contribution in [0.25, 0.3) is 11.5 Å². The molecule has 2 fully saturated rings. The number of halogens is 2. The first kappa shape index (κ1) is 27.2. The average molecular weight is 545 g/mol. The van der Waals surface area contributed by atoms with Gasteiger partial charge in [0.1, 0.15) is 0 Å². The molecule has 1 amide bonds. The van der Waals surface area contributed by atoms with Gasteiger partial charge in [-0.25, -0.2) is 4.98 Å². The van der Waals surface area contributed by atoms with E-state index in [9.17, 15) is 22.0 Å². The number of carbonyl (C=O) groups excluding carboxylic acids is 1. The van der Waals surface area contributed by atoms with Gasteiger partial charge in [-0.3, -0.25) is 8.98 Å². The lowest BCUT2D eigenvalue weighted by Gasteiger charge is -2.37. The Balaban J connectivity index is 1.60. The molecule has 1 saturated heterocycles. The summed E-state index contributed by atoms with van der Waals surface area (Å²) in [6.45, 7) is 0.929. The fourth-order valence-electron chi connectivity index (χ4n) is 4.06. The molecular weight excluding hydrogens is 514 g/mol. The molecule has 204 valence electrons. The minimum absolute atomic E-state index is 0.00592. The van der Waals surface area contributed by atoms with Crippen molar-refractivity contribution in [1.82, 2.24) is 14.2 Å². The molecule has 2 atom stereocenters. The summed E-state index contributed by atoms with van der Waals surface area (Å²) in [6, 6.07) is 3.07. The van der Waals surface area contributed by atoms with Gasteiger partial charge in [0, 0.05) is 31.2 Å². The van der Waals surface area contributed by atoms with Crippen molar-refractivity contribution in [2.45, 2.75) is 45.4 Å². The number of rotatable bonds is 10. The largest absolute Gasteiger partial charge is 0.489 e. The van der Waals surface area contributed by atoms with Gasteiger partial charge in [-0.2, -0.15) is 21.5 Å². The fraction of sp³-hybridized carbons (Fsp3) is 0.565. The summed E-state index contributed by atoms with van der Waals surface area (Å²) < 4.78 is 71.9. The van der Waals surface area contributed by atoms with E-state index >= 15 is 0 Å². The van der Waals surface area contributed by atoms with Crippen molar-refractivity contribution in [1.29, 1.82) is 0 Å². The van der Waals surface area contributed by atoms with Crippen LogP contribution in [0.4, 0.5) is 8.78 Å². The number of hydrogen-bond acceptors (Lipinski definition) is 9. The minimum atomic E-state index is -3.89. The lowest BCUT2D eigenvalue weighted by atomic mass is 10.1. The number of aromatic nitrogens is 1. The zero-order valence-electron chi connectivity index (χ0n) is 20.7. The van der Waals surface area contributed by atoms with Crippen molar-refractivity contribution in [3.05, 3.63) is 29.7 Å². The van der Waals surface area contributed by atoms with E-state index in [2.05, 4.69) is 13.9 Å². The van der Waals surface area contributed by atoms with Crippen molar-refractivity contribution >= 4 is 16.2 Å². The van der Waals surface area contributed by atoms with Gasteiger partial charge in [0.15, 0.2) is 23.0 Å². The van der Waals surface area contributed by atoms with Crippen LogP contribution in [0.5, 0.6) is 11.5 Å². The second-order valence-corrected chi connectivity index (χ2v) is 10.8. The van der Waals surface area contributed by atoms with Crippen LogP contribution in [0.1, 0.15) is 49.0 Å². The van der Waals surface area contributed by atoms with E-state index in [1.807, 2.05) is 0 Å². The SMILES string of the molecule is COS(=O)(=O)N1CCN(C(=O)c2nc(-c3ccc(OC(F)F)c(OCC4CC4)c3)oc2[C@H](C)N)C[C@H]1C. The number of hydrogen-bond donors (Lipinski definition) is 1. The Kier molecular flexibility index (Phi) is 8.02. The number of nitrogens with two attached hydrogens (primary N) is 1. The zero-order chi connectivity index (χ0) is 26.9. The molecular formula is C23H30F2N4O7S. The highest BCUT2D eigenvalue weighted by molar-refractivity contribution is 7.84. The molecule has 14 heteroatoms. The normalized spacial score (nSPS) is 19.8. The van der Waals surface area contributed by atoms with Crippen LogP contribution < -0.4 is 15.2 Å². The van der Waals surface area contributed by atoms with E-state index in [4.69, 9.17) is 14.9 Å². The molecule has 0 unspecified atom stereocenters. The molecule has 2 N–H and O–H groups in total. The first-order valence-electron chi connectivity index (χ1n) is 11.8. The van der Waals surface area contributed by atoms with Crippen LogP contribution in [-0.2, 0) is 14.5 Å². The molecule has 0 spiro atoms. The molecule has 1 aliphatic heterocycles. The molecule has 4 rings (SSSR count). The molecule has 0 radical (unpaired) electrons. The van der Waals surface area contributed by atoms with Crippen molar-refractivity contribution < 1.29 is 40.1 Å². The first-order valence-corrected chi connectivity index (χ1v) is 13.2. The van der Waals surface area contributed by atoms with E-state index in [1.54, 1.807) is 13.8 Å². The number of amides is 1. The van der Waals surface area contributed by atoms with Gasteiger partial charge in [0.05, 0.1) is 19.8 Å². The van der Waals surface area contributed by atoms with Gasteiger partial charge < -0.3 is 24.5 Å². The highest BCUT2D eigenvalue weighted by atomic mass is 32.2. The standard InChI is InChI=1S/C23H30F2N4O7S/c1-13-11-28(8-9-29(13)37(31,32)33-3)22(30)19-20(14(2)26)36-21(27-19)16-6-7-17(35-23(24)25)18(10-16)34-12-15-4-5-15/h6-7,10,13-15,23H,4-5,8-9,11-12,26H2,1-3H3/t13-,14+/m1/s1. The highest BCUT2D eigenvalue weighted by Gasteiger charge is 2.36. The summed E-state index contributed by atoms with van der Waals surface area (Å²) in [5.74, 6) is 0.110. The maximum Gasteiger partial charge on any atom is 0.387 e. The number of carbonyl (C=O) groups is 1. The zero-order valence-corrected chi connectivity index (χ0v) is 21.5.